The minimum atomic E-state index is -0.515. The van der Waals surface area contributed by atoms with Gasteiger partial charge in [0.2, 0.25) is 0 Å². The fourth-order valence-electron chi connectivity index (χ4n) is 2.63. The Morgan fingerprint density at radius 1 is 1.14 bits per heavy atom. The molecule has 0 saturated heterocycles. The highest BCUT2D eigenvalue weighted by atomic mass is 16.6. The van der Waals surface area contributed by atoms with Crippen LogP contribution in [0.5, 0.6) is 0 Å². The molecule has 2 aromatic rings. The molecule has 8 heteroatoms. The van der Waals surface area contributed by atoms with Crippen molar-refractivity contribution >= 4 is 12.2 Å². The van der Waals surface area contributed by atoms with Gasteiger partial charge in [0, 0.05) is 18.9 Å². The number of aromatic nitrogens is 2. The van der Waals surface area contributed by atoms with Gasteiger partial charge in [-0.2, -0.15) is 0 Å². The lowest BCUT2D eigenvalue weighted by atomic mass is 10.1. The highest BCUT2D eigenvalue weighted by molar-refractivity contribution is 5.68. The van der Waals surface area contributed by atoms with E-state index in [4.69, 9.17) is 9.47 Å². The normalized spacial score (nSPS) is 12.1. The Hall–Kier alpha value is -3.03. The summed E-state index contributed by atoms with van der Waals surface area (Å²) in [5.74, 6) is 0.668. The van der Waals surface area contributed by atoms with E-state index in [1.807, 2.05) is 51.1 Å². The number of carbonyl (C=O) groups excluding carboxylic acids is 2. The van der Waals surface area contributed by atoms with Gasteiger partial charge in [0.15, 0.2) is 0 Å². The van der Waals surface area contributed by atoms with Gasteiger partial charge in [-0.15, -0.1) is 0 Å². The number of rotatable bonds is 9. The van der Waals surface area contributed by atoms with Gasteiger partial charge in [-0.1, -0.05) is 30.3 Å². The molecule has 1 aromatic heterocycles. The summed E-state index contributed by atoms with van der Waals surface area (Å²) in [5, 5.41) is 5.58. The van der Waals surface area contributed by atoms with Gasteiger partial charge >= 0.3 is 12.2 Å². The lowest BCUT2D eigenvalue weighted by molar-refractivity contribution is 0.0527. The van der Waals surface area contributed by atoms with Crippen LogP contribution >= 0.6 is 0 Å². The summed E-state index contributed by atoms with van der Waals surface area (Å²) in [5.41, 5.74) is 0.406. The number of imidazole rings is 1. The summed E-state index contributed by atoms with van der Waals surface area (Å²) in [6.07, 6.45) is 4.61. The largest absolute Gasteiger partial charge is 0.445 e. The minimum absolute atomic E-state index is 0.206. The average Bonchev–Trinajstić information content (AvgIpc) is 3.19. The zero-order chi connectivity index (χ0) is 21.1. The van der Waals surface area contributed by atoms with Gasteiger partial charge in [0.05, 0.1) is 6.04 Å². The predicted molar refractivity (Wildman–Crippen MR) is 109 cm³/mol. The predicted octanol–water partition coefficient (Wildman–Crippen LogP) is 4.07. The first kappa shape index (κ1) is 22.3. The van der Waals surface area contributed by atoms with Gasteiger partial charge in [-0.25, -0.2) is 14.6 Å². The maximum Gasteiger partial charge on any atom is 0.408 e. The number of nitrogens with zero attached hydrogens (tertiary/aromatic N) is 1. The van der Waals surface area contributed by atoms with Crippen LogP contribution in [0.3, 0.4) is 0 Å². The Morgan fingerprint density at radius 2 is 1.90 bits per heavy atom. The van der Waals surface area contributed by atoms with Gasteiger partial charge in [0.1, 0.15) is 18.0 Å². The van der Waals surface area contributed by atoms with Crippen molar-refractivity contribution in [2.24, 2.45) is 0 Å². The number of nitrogens with one attached hydrogen (secondary N) is 3. The number of ether oxygens (including phenoxy) is 2. The van der Waals surface area contributed by atoms with Gasteiger partial charge in [-0.3, -0.25) is 0 Å². The molecule has 158 valence electrons. The lowest BCUT2D eigenvalue weighted by Gasteiger charge is -2.20. The summed E-state index contributed by atoms with van der Waals surface area (Å²) in [6, 6.07) is 9.20. The van der Waals surface area contributed by atoms with Crippen LogP contribution in [0, 0.1) is 0 Å². The zero-order valence-corrected chi connectivity index (χ0v) is 17.2. The SMILES string of the molecule is CC(C)(C)OC(=O)NCCCC[C@H](NC(=O)OCc1ccccc1)c1ncc[nH]1. The Morgan fingerprint density at radius 3 is 2.55 bits per heavy atom. The number of hydrogen-bond donors (Lipinski definition) is 3. The molecular weight excluding hydrogens is 372 g/mol. The molecule has 2 amide bonds. The second kappa shape index (κ2) is 11.1. The maximum atomic E-state index is 12.2. The molecule has 0 spiro atoms. The molecule has 0 unspecified atom stereocenters. The smallest absolute Gasteiger partial charge is 0.408 e. The van der Waals surface area contributed by atoms with Crippen molar-refractivity contribution in [3.8, 4) is 0 Å². The molecule has 3 N–H and O–H groups in total. The quantitative estimate of drug-likeness (QED) is 0.548. The number of unbranched alkanes of at least 4 members (excludes halogenated alkanes) is 1. The molecule has 0 aliphatic carbocycles. The van der Waals surface area contributed by atoms with Gasteiger partial charge in [0.25, 0.3) is 0 Å². The molecule has 0 aliphatic rings. The van der Waals surface area contributed by atoms with E-state index in [2.05, 4.69) is 20.6 Å². The molecule has 0 radical (unpaired) electrons. The Labute approximate surface area is 171 Å². The second-order valence-corrected chi connectivity index (χ2v) is 7.66. The third-order valence-corrected chi connectivity index (χ3v) is 3.94. The van der Waals surface area contributed by atoms with Crippen LogP contribution in [-0.4, -0.2) is 34.3 Å². The molecular formula is C21H30N4O4. The van der Waals surface area contributed by atoms with Crippen molar-refractivity contribution in [3.05, 3.63) is 54.1 Å². The molecule has 8 nitrogen and oxygen atoms in total. The standard InChI is InChI=1S/C21H30N4O4/c1-21(2,3)29-19(26)24-12-8-7-11-17(18-22-13-14-23-18)25-20(27)28-15-16-9-5-4-6-10-16/h4-6,9-10,13-14,17H,7-8,11-12,15H2,1-3H3,(H,22,23)(H,24,26)(H,25,27)/t17-/m0/s1. The summed E-state index contributed by atoms with van der Waals surface area (Å²) in [7, 11) is 0. The summed E-state index contributed by atoms with van der Waals surface area (Å²) in [4.78, 5) is 31.1. The Balaban J connectivity index is 1.74. The van der Waals surface area contributed by atoms with E-state index >= 15 is 0 Å². The number of carbonyl (C=O) groups is 2. The second-order valence-electron chi connectivity index (χ2n) is 7.66. The molecule has 1 heterocycles. The number of benzene rings is 1. The Kier molecular flexibility index (Phi) is 8.51. The summed E-state index contributed by atoms with van der Waals surface area (Å²) >= 11 is 0. The van der Waals surface area contributed by atoms with Crippen molar-refractivity contribution in [1.29, 1.82) is 0 Å². The lowest BCUT2D eigenvalue weighted by Crippen LogP contribution is -2.33. The highest BCUT2D eigenvalue weighted by Crippen LogP contribution is 2.16. The van der Waals surface area contributed by atoms with Gasteiger partial charge in [-0.05, 0) is 45.6 Å². The fourth-order valence-corrected chi connectivity index (χ4v) is 2.63. The van der Waals surface area contributed by atoms with E-state index in [9.17, 15) is 9.59 Å². The van der Waals surface area contributed by atoms with Crippen LogP contribution in [0.15, 0.2) is 42.7 Å². The first-order chi connectivity index (χ1) is 13.8. The number of aromatic amines is 1. The first-order valence-electron chi connectivity index (χ1n) is 9.77. The molecule has 0 aliphatic heterocycles. The number of alkyl carbamates (subject to hydrolysis) is 2. The monoisotopic (exact) mass is 402 g/mol. The molecule has 29 heavy (non-hydrogen) atoms. The molecule has 1 atom stereocenters. The van der Waals surface area contributed by atoms with Crippen LogP contribution in [0.2, 0.25) is 0 Å². The number of hydrogen-bond acceptors (Lipinski definition) is 5. The Bertz CT molecular complexity index is 742. The molecule has 0 fully saturated rings. The third-order valence-electron chi connectivity index (χ3n) is 3.94. The summed E-state index contributed by atoms with van der Waals surface area (Å²) in [6.45, 7) is 6.17. The first-order valence-corrected chi connectivity index (χ1v) is 9.77. The zero-order valence-electron chi connectivity index (χ0n) is 17.2. The summed E-state index contributed by atoms with van der Waals surface area (Å²) < 4.78 is 10.5. The van der Waals surface area contributed by atoms with Crippen molar-refractivity contribution in [1.82, 2.24) is 20.6 Å². The van der Waals surface area contributed by atoms with E-state index in [1.165, 1.54) is 0 Å². The van der Waals surface area contributed by atoms with E-state index in [0.717, 1.165) is 18.4 Å². The average molecular weight is 402 g/mol. The number of H-pyrrole nitrogens is 1. The molecule has 0 bridgehead atoms. The third kappa shape index (κ3) is 9.14. The van der Waals surface area contributed by atoms with E-state index in [1.54, 1.807) is 12.4 Å². The van der Waals surface area contributed by atoms with E-state index in [0.29, 0.717) is 18.8 Å². The van der Waals surface area contributed by atoms with Crippen LogP contribution in [0.25, 0.3) is 0 Å². The van der Waals surface area contributed by atoms with Gasteiger partial charge < -0.3 is 25.1 Å². The molecule has 0 saturated carbocycles. The van der Waals surface area contributed by atoms with Crippen LogP contribution in [0.1, 0.15) is 57.5 Å². The van der Waals surface area contributed by atoms with E-state index < -0.39 is 17.8 Å². The topological polar surface area (TPSA) is 105 Å². The van der Waals surface area contributed by atoms with Crippen molar-refractivity contribution in [3.63, 3.8) is 0 Å². The molecule has 1 aromatic carbocycles. The van der Waals surface area contributed by atoms with Crippen molar-refractivity contribution in [2.45, 2.75) is 58.3 Å². The van der Waals surface area contributed by atoms with Crippen molar-refractivity contribution < 1.29 is 19.1 Å². The van der Waals surface area contributed by atoms with Crippen LogP contribution in [-0.2, 0) is 16.1 Å². The molecule has 2 rings (SSSR count). The fraction of sp³-hybridized carbons (Fsp3) is 0.476. The van der Waals surface area contributed by atoms with Crippen LogP contribution in [0.4, 0.5) is 9.59 Å². The van der Waals surface area contributed by atoms with Crippen molar-refractivity contribution in [2.75, 3.05) is 6.54 Å². The van der Waals surface area contributed by atoms with E-state index in [-0.39, 0.29) is 12.6 Å². The highest BCUT2D eigenvalue weighted by Gasteiger charge is 2.18. The maximum absolute atomic E-state index is 12.2. The van der Waals surface area contributed by atoms with Crippen LogP contribution < -0.4 is 10.6 Å². The minimum Gasteiger partial charge on any atom is -0.445 e. The number of amides is 2.